The number of hydrogen-bond donors (Lipinski definition) is 1. The zero-order valence-electron chi connectivity index (χ0n) is 10.1. The van der Waals surface area contributed by atoms with Gasteiger partial charge in [0.1, 0.15) is 9.39 Å². The number of nitrogens with zero attached hydrogens (tertiary/aromatic N) is 1. The van der Waals surface area contributed by atoms with E-state index in [0.717, 1.165) is 6.07 Å². The van der Waals surface area contributed by atoms with Crippen LogP contribution in [-0.4, -0.2) is 17.1 Å². The molecule has 0 aliphatic heterocycles. The molecule has 0 aliphatic carbocycles. The Bertz CT molecular complexity index is 721. The second-order valence-corrected chi connectivity index (χ2v) is 5.70. The van der Waals surface area contributed by atoms with Gasteiger partial charge in [0.25, 0.3) is 5.56 Å². The van der Waals surface area contributed by atoms with Crippen LogP contribution >= 0.6 is 38.5 Å². The van der Waals surface area contributed by atoms with Gasteiger partial charge in [-0.15, -0.1) is 0 Å². The summed E-state index contributed by atoms with van der Waals surface area (Å²) in [5, 5.41) is 0. The van der Waals surface area contributed by atoms with Crippen LogP contribution in [0.15, 0.2) is 21.4 Å². The van der Waals surface area contributed by atoms with E-state index in [-0.39, 0.29) is 28.0 Å². The second-order valence-electron chi connectivity index (χ2n) is 3.83. The van der Waals surface area contributed by atoms with Gasteiger partial charge in [-0.05, 0) is 50.7 Å². The van der Waals surface area contributed by atoms with Gasteiger partial charge < -0.3 is 9.72 Å². The molecule has 0 unspecified atom stereocenters. The number of halogens is 4. The van der Waals surface area contributed by atoms with Crippen LogP contribution in [0, 0.1) is 15.2 Å². The summed E-state index contributed by atoms with van der Waals surface area (Å²) >= 11 is 4.82. The van der Waals surface area contributed by atoms with Crippen molar-refractivity contribution in [2.75, 3.05) is 7.11 Å². The van der Waals surface area contributed by atoms with E-state index in [4.69, 9.17) is 4.74 Å². The summed E-state index contributed by atoms with van der Waals surface area (Å²) in [6, 6.07) is 2.31. The highest BCUT2D eigenvalue weighted by atomic mass is 127. The number of hydrogen-bond acceptors (Lipinski definition) is 3. The Labute approximate surface area is 134 Å². The third-order valence-corrected chi connectivity index (χ3v) is 4.39. The van der Waals surface area contributed by atoms with E-state index >= 15 is 0 Å². The van der Waals surface area contributed by atoms with Crippen molar-refractivity contribution in [2.24, 2.45) is 0 Å². The van der Waals surface area contributed by atoms with Gasteiger partial charge in [0, 0.05) is 12.7 Å². The first-order chi connectivity index (χ1) is 9.45. The number of ether oxygens (including phenoxy) is 1. The lowest BCUT2D eigenvalue weighted by Crippen LogP contribution is -2.17. The molecule has 1 aromatic carbocycles. The van der Waals surface area contributed by atoms with Crippen LogP contribution in [0.2, 0.25) is 0 Å². The first kappa shape index (κ1) is 15.5. The lowest BCUT2D eigenvalue weighted by Gasteiger charge is -2.08. The topological polar surface area (TPSA) is 55.0 Å². The largest absolute Gasteiger partial charge is 0.378 e. The second kappa shape index (κ2) is 6.27. The molecule has 0 saturated carbocycles. The summed E-state index contributed by atoms with van der Waals surface area (Å²) in [6.07, 6.45) is 0. The molecule has 106 valence electrons. The minimum absolute atomic E-state index is 0.0924. The molecule has 0 amide bonds. The van der Waals surface area contributed by atoms with Crippen LogP contribution in [0.4, 0.5) is 8.78 Å². The van der Waals surface area contributed by atoms with E-state index in [9.17, 15) is 13.6 Å². The monoisotopic (exact) mass is 456 g/mol. The van der Waals surface area contributed by atoms with Crippen molar-refractivity contribution in [1.82, 2.24) is 9.97 Å². The van der Waals surface area contributed by atoms with Gasteiger partial charge in [-0.3, -0.25) is 4.79 Å². The summed E-state index contributed by atoms with van der Waals surface area (Å²) in [4.78, 5) is 18.6. The van der Waals surface area contributed by atoms with Gasteiger partial charge in [0.2, 0.25) is 0 Å². The molecular formula is C12H8BrF2IN2O2. The molecule has 0 spiro atoms. The number of aromatic amines is 1. The van der Waals surface area contributed by atoms with Crippen LogP contribution in [0.1, 0.15) is 5.69 Å². The number of methoxy groups -OCH3 is 1. The smallest absolute Gasteiger partial charge is 0.264 e. The van der Waals surface area contributed by atoms with Crippen molar-refractivity contribution in [3.05, 3.63) is 47.9 Å². The van der Waals surface area contributed by atoms with Crippen molar-refractivity contribution in [1.29, 1.82) is 0 Å². The van der Waals surface area contributed by atoms with Crippen molar-refractivity contribution in [3.8, 4) is 11.4 Å². The normalized spacial score (nSPS) is 10.8. The highest BCUT2D eigenvalue weighted by Gasteiger charge is 2.16. The van der Waals surface area contributed by atoms with E-state index in [1.54, 1.807) is 0 Å². The first-order valence-electron chi connectivity index (χ1n) is 5.37. The molecule has 0 fully saturated rings. The van der Waals surface area contributed by atoms with E-state index in [0.29, 0.717) is 9.26 Å². The maximum absolute atomic E-state index is 13.5. The fraction of sp³-hybridized carbons (Fsp3) is 0.167. The van der Waals surface area contributed by atoms with Crippen LogP contribution in [0.5, 0.6) is 0 Å². The Morgan fingerprint density at radius 1 is 1.45 bits per heavy atom. The fourth-order valence-electron chi connectivity index (χ4n) is 1.57. The quantitative estimate of drug-likeness (QED) is 0.570. The Morgan fingerprint density at radius 2 is 2.15 bits per heavy atom. The SMILES string of the molecule is COCc1nc(-c2ccc(F)c(F)c2Br)[nH]c(=O)c1I. The minimum atomic E-state index is -1.03. The lowest BCUT2D eigenvalue weighted by molar-refractivity contribution is 0.180. The fourth-order valence-corrected chi connectivity index (χ4v) is 2.49. The molecule has 1 heterocycles. The molecule has 4 nitrogen and oxygen atoms in total. The van der Waals surface area contributed by atoms with Crippen LogP contribution in [0.25, 0.3) is 11.4 Å². The minimum Gasteiger partial charge on any atom is -0.378 e. The van der Waals surface area contributed by atoms with Gasteiger partial charge >= 0.3 is 0 Å². The molecule has 0 aliphatic rings. The molecule has 2 rings (SSSR count). The van der Waals surface area contributed by atoms with Crippen LogP contribution in [0.3, 0.4) is 0 Å². The van der Waals surface area contributed by atoms with Crippen LogP contribution in [-0.2, 0) is 11.3 Å². The van der Waals surface area contributed by atoms with Gasteiger partial charge in [-0.25, -0.2) is 13.8 Å². The van der Waals surface area contributed by atoms with Gasteiger partial charge in [-0.1, -0.05) is 0 Å². The predicted octanol–water partition coefficient (Wildman–Crippen LogP) is 3.23. The Hall–Kier alpha value is -0.870. The average molecular weight is 457 g/mol. The maximum atomic E-state index is 13.5. The molecule has 20 heavy (non-hydrogen) atoms. The van der Waals surface area contributed by atoms with Crippen LogP contribution < -0.4 is 5.56 Å². The molecule has 1 aromatic heterocycles. The van der Waals surface area contributed by atoms with Crippen molar-refractivity contribution >= 4 is 38.5 Å². The number of benzene rings is 1. The third-order valence-electron chi connectivity index (χ3n) is 2.50. The zero-order valence-corrected chi connectivity index (χ0v) is 13.9. The van der Waals surface area contributed by atoms with Gasteiger partial charge in [0.05, 0.1) is 16.8 Å². The summed E-state index contributed by atoms with van der Waals surface area (Å²) in [7, 11) is 1.48. The zero-order chi connectivity index (χ0) is 14.9. The van der Waals surface area contributed by atoms with Crippen molar-refractivity contribution < 1.29 is 13.5 Å². The Balaban J connectivity index is 2.65. The Kier molecular flexibility index (Phi) is 4.86. The van der Waals surface area contributed by atoms with E-state index < -0.39 is 11.6 Å². The number of nitrogens with one attached hydrogen (secondary N) is 1. The maximum Gasteiger partial charge on any atom is 0.264 e. The molecule has 8 heteroatoms. The van der Waals surface area contributed by atoms with Crippen molar-refractivity contribution in [3.63, 3.8) is 0 Å². The van der Waals surface area contributed by atoms with E-state index in [2.05, 4.69) is 25.9 Å². The van der Waals surface area contributed by atoms with E-state index in [1.165, 1.54) is 13.2 Å². The van der Waals surface area contributed by atoms with Crippen molar-refractivity contribution in [2.45, 2.75) is 6.61 Å². The third kappa shape index (κ3) is 2.91. The number of aromatic nitrogens is 2. The van der Waals surface area contributed by atoms with Gasteiger partial charge in [-0.2, -0.15) is 0 Å². The first-order valence-corrected chi connectivity index (χ1v) is 7.24. The lowest BCUT2D eigenvalue weighted by atomic mass is 10.2. The molecular weight excluding hydrogens is 449 g/mol. The van der Waals surface area contributed by atoms with E-state index in [1.807, 2.05) is 22.6 Å². The average Bonchev–Trinajstić information content (AvgIpc) is 2.41. The summed E-state index contributed by atoms with van der Waals surface area (Å²) in [5.41, 5.74) is 0.331. The molecule has 1 N–H and O–H groups in total. The van der Waals surface area contributed by atoms with Gasteiger partial charge in [0.15, 0.2) is 11.6 Å². The standard InChI is InChI=1S/C12H8BrF2IN2O2/c1-20-4-7-10(16)12(19)18-11(17-7)5-2-3-6(14)9(15)8(5)13/h2-3H,4H2,1H3,(H,17,18,19). The predicted molar refractivity (Wildman–Crippen MR) is 81.3 cm³/mol. The molecule has 0 atom stereocenters. The molecule has 0 bridgehead atoms. The molecule has 2 aromatic rings. The summed E-state index contributed by atoms with van der Waals surface area (Å²) in [5.74, 6) is -1.86. The highest BCUT2D eigenvalue weighted by Crippen LogP contribution is 2.29. The number of rotatable bonds is 3. The number of H-pyrrole nitrogens is 1. The Morgan fingerprint density at radius 3 is 2.80 bits per heavy atom. The summed E-state index contributed by atoms with van der Waals surface area (Å²) < 4.78 is 31.9. The highest BCUT2D eigenvalue weighted by molar-refractivity contribution is 14.1. The molecule has 0 radical (unpaired) electrons. The molecule has 0 saturated heterocycles. The summed E-state index contributed by atoms with van der Waals surface area (Å²) in [6.45, 7) is 0.149.